The van der Waals surface area contributed by atoms with Crippen molar-refractivity contribution >= 4 is 5.78 Å². The Bertz CT molecular complexity index is 296. The lowest BCUT2D eigenvalue weighted by Crippen LogP contribution is -2.29. The topological polar surface area (TPSA) is 17.1 Å². The van der Waals surface area contributed by atoms with Gasteiger partial charge in [0, 0.05) is 5.92 Å². The van der Waals surface area contributed by atoms with Crippen molar-refractivity contribution in [3.63, 3.8) is 0 Å². The van der Waals surface area contributed by atoms with Crippen LogP contribution in [0.4, 0.5) is 0 Å². The zero-order chi connectivity index (χ0) is 11.6. The number of ketones is 1. The lowest BCUT2D eigenvalue weighted by atomic mass is 9.65. The fourth-order valence-electron chi connectivity index (χ4n) is 2.77. The van der Waals surface area contributed by atoms with Crippen molar-refractivity contribution in [3.05, 3.63) is 24.3 Å². The molecule has 0 aliphatic heterocycles. The number of hydrogen-bond donors (Lipinski definition) is 0. The minimum absolute atomic E-state index is 0.125. The summed E-state index contributed by atoms with van der Waals surface area (Å²) in [5.41, 5.74) is 1.65. The summed E-state index contributed by atoms with van der Waals surface area (Å²) in [6.45, 7) is 12.6. The van der Waals surface area contributed by atoms with Crippen LogP contribution < -0.4 is 0 Å². The molecule has 1 fully saturated rings. The van der Waals surface area contributed by atoms with Gasteiger partial charge in [0.15, 0.2) is 5.78 Å². The summed E-state index contributed by atoms with van der Waals surface area (Å²) >= 11 is 0. The zero-order valence-electron chi connectivity index (χ0n) is 10.3. The molecule has 1 aliphatic rings. The Hall–Kier alpha value is -0.850. The Morgan fingerprint density at radius 3 is 2.60 bits per heavy atom. The Morgan fingerprint density at radius 2 is 2.13 bits per heavy atom. The van der Waals surface area contributed by atoms with Crippen molar-refractivity contribution in [2.45, 2.75) is 40.5 Å². The molecular formula is C14H22O. The average Bonchev–Trinajstić information content (AvgIpc) is 1.98. The number of hydrogen-bond acceptors (Lipinski definition) is 1. The van der Waals surface area contributed by atoms with Gasteiger partial charge in [0.1, 0.15) is 0 Å². The molecule has 2 unspecified atom stereocenters. The van der Waals surface area contributed by atoms with Crippen LogP contribution in [0.3, 0.4) is 0 Å². The van der Waals surface area contributed by atoms with Gasteiger partial charge in [0.05, 0.1) is 0 Å². The van der Waals surface area contributed by atoms with Gasteiger partial charge < -0.3 is 0 Å². The van der Waals surface area contributed by atoms with Gasteiger partial charge in [-0.05, 0) is 37.2 Å². The van der Waals surface area contributed by atoms with Gasteiger partial charge in [-0.15, -0.1) is 0 Å². The van der Waals surface area contributed by atoms with Crippen LogP contribution in [0.15, 0.2) is 24.3 Å². The first-order valence-electron chi connectivity index (χ1n) is 5.68. The van der Waals surface area contributed by atoms with Crippen LogP contribution in [0.2, 0.25) is 0 Å². The Balaban J connectivity index is 2.75. The third-order valence-corrected chi connectivity index (χ3v) is 3.20. The van der Waals surface area contributed by atoms with E-state index in [1.807, 2.05) is 6.08 Å². The van der Waals surface area contributed by atoms with Crippen molar-refractivity contribution in [2.75, 3.05) is 0 Å². The van der Waals surface area contributed by atoms with Gasteiger partial charge in [0.2, 0.25) is 0 Å². The van der Waals surface area contributed by atoms with Crippen LogP contribution in [-0.4, -0.2) is 5.78 Å². The van der Waals surface area contributed by atoms with E-state index in [1.54, 1.807) is 13.0 Å². The Morgan fingerprint density at radius 1 is 1.53 bits per heavy atom. The monoisotopic (exact) mass is 206 g/mol. The van der Waals surface area contributed by atoms with Crippen LogP contribution in [-0.2, 0) is 4.79 Å². The Labute approximate surface area is 93.3 Å². The van der Waals surface area contributed by atoms with E-state index in [0.29, 0.717) is 17.3 Å². The highest BCUT2D eigenvalue weighted by atomic mass is 16.1. The summed E-state index contributed by atoms with van der Waals surface area (Å²) in [5, 5.41) is 0. The van der Waals surface area contributed by atoms with Crippen molar-refractivity contribution in [2.24, 2.45) is 17.3 Å². The number of rotatable bonds is 2. The second-order valence-corrected chi connectivity index (χ2v) is 5.68. The highest BCUT2D eigenvalue weighted by Gasteiger charge is 2.33. The van der Waals surface area contributed by atoms with Crippen molar-refractivity contribution in [3.8, 4) is 0 Å². The maximum atomic E-state index is 10.9. The SMILES string of the molecule is C=C1CC(C)(C)CC(C)C1C=CC(C)=O. The molecule has 0 saturated heterocycles. The highest BCUT2D eigenvalue weighted by molar-refractivity contribution is 5.87. The van der Waals surface area contributed by atoms with Crippen molar-refractivity contribution in [1.82, 2.24) is 0 Å². The first kappa shape index (κ1) is 12.2. The third-order valence-electron chi connectivity index (χ3n) is 3.20. The van der Waals surface area contributed by atoms with E-state index in [0.717, 1.165) is 6.42 Å². The molecule has 0 spiro atoms. The van der Waals surface area contributed by atoms with Gasteiger partial charge in [0.25, 0.3) is 0 Å². The van der Waals surface area contributed by atoms with Gasteiger partial charge in [-0.3, -0.25) is 4.79 Å². The molecule has 0 radical (unpaired) electrons. The van der Waals surface area contributed by atoms with Crippen LogP contribution in [0, 0.1) is 17.3 Å². The first-order valence-corrected chi connectivity index (χ1v) is 5.68. The molecular weight excluding hydrogens is 184 g/mol. The highest BCUT2D eigenvalue weighted by Crippen LogP contribution is 2.44. The van der Waals surface area contributed by atoms with Gasteiger partial charge in [-0.1, -0.05) is 39.0 Å². The summed E-state index contributed by atoms with van der Waals surface area (Å²) in [7, 11) is 0. The fourth-order valence-corrected chi connectivity index (χ4v) is 2.77. The lowest BCUT2D eigenvalue weighted by molar-refractivity contribution is -0.112. The van der Waals surface area contributed by atoms with E-state index in [4.69, 9.17) is 0 Å². The van der Waals surface area contributed by atoms with E-state index in [2.05, 4.69) is 27.4 Å². The standard InChI is InChI=1S/C14H22O/c1-10-8-14(4,5)9-11(2)13(10)7-6-12(3)15/h6-7,11,13H,1,8-9H2,2-5H3. The van der Waals surface area contributed by atoms with Crippen LogP contribution >= 0.6 is 0 Å². The molecule has 1 nitrogen and oxygen atoms in total. The van der Waals surface area contributed by atoms with Crippen molar-refractivity contribution in [1.29, 1.82) is 0 Å². The largest absolute Gasteiger partial charge is 0.295 e. The molecule has 1 aliphatic carbocycles. The maximum absolute atomic E-state index is 10.9. The third kappa shape index (κ3) is 3.33. The van der Waals surface area contributed by atoms with Crippen LogP contribution in [0.5, 0.6) is 0 Å². The fraction of sp³-hybridized carbons (Fsp3) is 0.643. The molecule has 0 bridgehead atoms. The molecule has 0 aromatic rings. The number of carbonyl (C=O) groups is 1. The van der Waals surface area contributed by atoms with E-state index >= 15 is 0 Å². The molecule has 0 amide bonds. The molecule has 0 aromatic heterocycles. The van der Waals surface area contributed by atoms with Gasteiger partial charge in [-0.25, -0.2) is 0 Å². The summed E-state index contributed by atoms with van der Waals surface area (Å²) in [6, 6.07) is 0. The Kier molecular flexibility index (Phi) is 3.54. The van der Waals surface area contributed by atoms with E-state index in [-0.39, 0.29) is 5.78 Å². The normalized spacial score (nSPS) is 30.8. The van der Waals surface area contributed by atoms with Gasteiger partial charge in [-0.2, -0.15) is 0 Å². The minimum atomic E-state index is 0.125. The quantitative estimate of drug-likeness (QED) is 0.496. The first-order chi connectivity index (χ1) is 6.82. The van der Waals surface area contributed by atoms with Crippen LogP contribution in [0.25, 0.3) is 0 Å². The second kappa shape index (κ2) is 4.34. The molecule has 1 saturated carbocycles. The van der Waals surface area contributed by atoms with E-state index in [9.17, 15) is 4.79 Å². The number of carbonyl (C=O) groups excluding carboxylic acids is 1. The van der Waals surface area contributed by atoms with Crippen LogP contribution in [0.1, 0.15) is 40.5 Å². The smallest absolute Gasteiger partial charge is 0.152 e. The lowest BCUT2D eigenvalue weighted by Gasteiger charge is -2.39. The van der Waals surface area contributed by atoms with Gasteiger partial charge >= 0.3 is 0 Å². The van der Waals surface area contributed by atoms with E-state index < -0.39 is 0 Å². The predicted molar refractivity (Wildman–Crippen MR) is 64.6 cm³/mol. The minimum Gasteiger partial charge on any atom is -0.295 e. The molecule has 1 rings (SSSR count). The summed E-state index contributed by atoms with van der Waals surface area (Å²) < 4.78 is 0. The molecule has 2 atom stereocenters. The summed E-state index contributed by atoms with van der Waals surface area (Å²) in [5.74, 6) is 1.11. The predicted octanol–water partition coefficient (Wildman–Crippen LogP) is 3.76. The number of allylic oxidation sites excluding steroid dienone is 3. The molecule has 15 heavy (non-hydrogen) atoms. The summed E-state index contributed by atoms with van der Waals surface area (Å²) in [6.07, 6.45) is 6.00. The van der Waals surface area contributed by atoms with Crippen molar-refractivity contribution < 1.29 is 4.79 Å². The van der Waals surface area contributed by atoms with E-state index in [1.165, 1.54) is 12.0 Å². The second-order valence-electron chi connectivity index (χ2n) is 5.68. The summed E-state index contributed by atoms with van der Waals surface area (Å²) in [4.78, 5) is 10.9. The maximum Gasteiger partial charge on any atom is 0.152 e. The average molecular weight is 206 g/mol. The molecule has 1 heteroatoms. The molecule has 0 aromatic carbocycles. The molecule has 0 N–H and O–H groups in total. The molecule has 0 heterocycles. The molecule has 84 valence electrons. The zero-order valence-corrected chi connectivity index (χ0v) is 10.3.